The first kappa shape index (κ1) is 62.2. The SMILES string of the molecule is C=C(C)C(=O)OCCCCCCCCCCCOc1ccc(S(=O)(=O)[O-])c(OCCCCCCCCCCCOC(=O)C(=C)C)c1OCCCCCCCCCCCOC(=O)C(=C)C.[Na+]. The quantitative estimate of drug-likeness (QED) is 0.0152. The monoisotopic (exact) mass is 943 g/mol. The maximum Gasteiger partial charge on any atom is 1.00 e. The average Bonchev–Trinajstić information content (AvgIpc) is 3.25. The van der Waals surface area contributed by atoms with Crippen LogP contribution in [0.2, 0.25) is 0 Å². The molecular weight excluding hydrogens is 860 g/mol. The van der Waals surface area contributed by atoms with Crippen LogP contribution >= 0.6 is 0 Å². The summed E-state index contributed by atoms with van der Waals surface area (Å²) >= 11 is 0. The van der Waals surface area contributed by atoms with Crippen LogP contribution in [-0.4, -0.2) is 70.5 Å². The van der Waals surface area contributed by atoms with E-state index in [9.17, 15) is 27.4 Å². The summed E-state index contributed by atoms with van der Waals surface area (Å²) in [6.45, 7) is 18.0. The van der Waals surface area contributed by atoms with E-state index in [-0.39, 0.29) is 65.6 Å². The van der Waals surface area contributed by atoms with Gasteiger partial charge < -0.3 is 33.0 Å². The third-order valence-corrected chi connectivity index (χ3v) is 11.5. The van der Waals surface area contributed by atoms with Crippen molar-refractivity contribution in [1.82, 2.24) is 0 Å². The van der Waals surface area contributed by atoms with Crippen LogP contribution in [0.25, 0.3) is 0 Å². The molecule has 0 saturated carbocycles. The fraction of sp³-hybridized carbons (Fsp3) is 0.706. The molecule has 0 fully saturated rings. The molecule has 0 bridgehead atoms. The minimum Gasteiger partial charge on any atom is -0.744 e. The summed E-state index contributed by atoms with van der Waals surface area (Å²) in [6.07, 6.45) is 27.2. The summed E-state index contributed by atoms with van der Waals surface area (Å²) in [6, 6.07) is 2.77. The van der Waals surface area contributed by atoms with E-state index in [0.29, 0.717) is 61.9 Å². The molecule has 1 rings (SSSR count). The van der Waals surface area contributed by atoms with Gasteiger partial charge in [-0.25, -0.2) is 22.8 Å². The van der Waals surface area contributed by atoms with Gasteiger partial charge in [-0.15, -0.1) is 0 Å². The van der Waals surface area contributed by atoms with E-state index >= 15 is 0 Å². The van der Waals surface area contributed by atoms with Gasteiger partial charge in [0.2, 0.25) is 5.75 Å². The van der Waals surface area contributed by atoms with Crippen molar-refractivity contribution >= 4 is 28.0 Å². The molecule has 366 valence electrons. The Morgan fingerprint density at radius 2 is 0.662 bits per heavy atom. The third-order valence-electron chi connectivity index (χ3n) is 10.7. The number of esters is 3. The molecule has 1 aromatic rings. The fourth-order valence-electron chi connectivity index (χ4n) is 6.83. The number of ether oxygens (including phenoxy) is 6. The van der Waals surface area contributed by atoms with Crippen molar-refractivity contribution in [2.45, 2.75) is 199 Å². The van der Waals surface area contributed by atoms with Crippen LogP contribution in [0.3, 0.4) is 0 Å². The van der Waals surface area contributed by atoms with Gasteiger partial charge in [-0.2, -0.15) is 0 Å². The normalized spacial score (nSPS) is 11.0. The van der Waals surface area contributed by atoms with E-state index in [2.05, 4.69) is 19.7 Å². The smallest absolute Gasteiger partial charge is 0.744 e. The minimum atomic E-state index is -4.85. The second-order valence-corrected chi connectivity index (χ2v) is 18.4. The molecule has 0 aromatic heterocycles. The molecule has 0 N–H and O–H groups in total. The molecule has 0 aliphatic rings. The predicted molar refractivity (Wildman–Crippen MR) is 253 cm³/mol. The maximum atomic E-state index is 12.4. The molecular formula is C51H83NaO12S. The average molecular weight is 943 g/mol. The zero-order valence-corrected chi connectivity index (χ0v) is 43.7. The Kier molecular flexibility index (Phi) is 38.5. The standard InChI is InChI=1S/C51H84O12S.Na/c1-42(2)49(52)61-39-31-25-19-13-7-10-16-22-28-36-58-45-34-35-46(64(55,56)57)48(60-38-30-24-18-12-9-15-21-27-33-41-63-51(54)44(5)6)47(45)59-37-29-23-17-11-8-14-20-26-32-40-62-50(53)43(3)4;/h34-35H,1,3,5,7-33,36-41H2,2,4,6H3,(H,55,56,57);/q;+1/p-1. The van der Waals surface area contributed by atoms with Crippen LogP contribution in [0.5, 0.6) is 17.2 Å². The second kappa shape index (κ2) is 40.2. The van der Waals surface area contributed by atoms with E-state index in [1.165, 1.54) is 12.1 Å². The number of hydrogen-bond acceptors (Lipinski definition) is 12. The van der Waals surface area contributed by atoms with Gasteiger partial charge in [-0.1, -0.05) is 155 Å². The molecule has 0 heterocycles. The van der Waals surface area contributed by atoms with Crippen molar-refractivity contribution in [3.8, 4) is 17.2 Å². The number of carbonyl (C=O) groups is 3. The van der Waals surface area contributed by atoms with Crippen LogP contribution in [0.4, 0.5) is 0 Å². The Hall–Kier alpha value is -2.84. The molecule has 12 nitrogen and oxygen atoms in total. The largest absolute Gasteiger partial charge is 1.00 e. The molecule has 1 aromatic carbocycles. The van der Waals surface area contributed by atoms with E-state index in [1.807, 2.05) is 0 Å². The summed E-state index contributed by atoms with van der Waals surface area (Å²) < 4.78 is 71.2. The summed E-state index contributed by atoms with van der Waals surface area (Å²) in [5.41, 5.74) is 1.26. The van der Waals surface area contributed by atoms with Crippen LogP contribution < -0.4 is 43.8 Å². The molecule has 0 amide bonds. The number of hydrogen-bond donors (Lipinski definition) is 0. The topological polar surface area (TPSA) is 164 Å². The van der Waals surface area contributed by atoms with Gasteiger partial charge in [0.05, 0.1) is 39.6 Å². The van der Waals surface area contributed by atoms with E-state index in [0.717, 1.165) is 167 Å². The molecule has 0 unspecified atom stereocenters. The first-order valence-electron chi connectivity index (χ1n) is 24.2. The van der Waals surface area contributed by atoms with Crippen LogP contribution in [0, 0.1) is 0 Å². The molecule has 0 atom stereocenters. The van der Waals surface area contributed by atoms with E-state index in [4.69, 9.17) is 28.4 Å². The first-order chi connectivity index (χ1) is 30.8. The van der Waals surface area contributed by atoms with E-state index < -0.39 is 15.0 Å². The maximum absolute atomic E-state index is 12.4. The molecule has 0 radical (unpaired) electrons. The van der Waals surface area contributed by atoms with Gasteiger partial charge in [-0.05, 0) is 71.4 Å². The summed E-state index contributed by atoms with van der Waals surface area (Å²) in [5.74, 6) is -0.517. The first-order valence-corrected chi connectivity index (χ1v) is 25.7. The molecule has 65 heavy (non-hydrogen) atoms. The fourth-order valence-corrected chi connectivity index (χ4v) is 7.44. The van der Waals surface area contributed by atoms with Crippen LogP contribution in [-0.2, 0) is 38.7 Å². The van der Waals surface area contributed by atoms with Gasteiger partial charge in [-0.3, -0.25) is 0 Å². The van der Waals surface area contributed by atoms with Crippen molar-refractivity contribution in [3.05, 3.63) is 48.6 Å². The van der Waals surface area contributed by atoms with Gasteiger partial charge in [0.25, 0.3) is 0 Å². The number of benzene rings is 1. The number of unbranched alkanes of at least 4 members (excludes halogenated alkanes) is 24. The summed E-state index contributed by atoms with van der Waals surface area (Å²) in [5, 5.41) is 0. The third kappa shape index (κ3) is 33.3. The van der Waals surface area contributed by atoms with Crippen molar-refractivity contribution in [2.75, 3.05) is 39.6 Å². The van der Waals surface area contributed by atoms with Gasteiger partial charge >= 0.3 is 47.5 Å². The van der Waals surface area contributed by atoms with Crippen molar-refractivity contribution < 1.29 is 85.3 Å². The summed E-state index contributed by atoms with van der Waals surface area (Å²) in [7, 11) is -4.85. The van der Waals surface area contributed by atoms with Gasteiger partial charge in [0, 0.05) is 16.7 Å². The number of rotatable bonds is 43. The molecule has 0 spiro atoms. The van der Waals surface area contributed by atoms with Gasteiger partial charge in [0.15, 0.2) is 11.5 Å². The number of carbonyl (C=O) groups excluding carboxylic acids is 3. The van der Waals surface area contributed by atoms with Crippen molar-refractivity contribution in [3.63, 3.8) is 0 Å². The zero-order chi connectivity index (χ0) is 47.3. The molecule has 0 aliphatic heterocycles. The summed E-state index contributed by atoms with van der Waals surface area (Å²) in [4.78, 5) is 34.0. The molecule has 0 saturated heterocycles. The van der Waals surface area contributed by atoms with Gasteiger partial charge in [0.1, 0.15) is 15.0 Å². The Morgan fingerprint density at radius 1 is 0.415 bits per heavy atom. The van der Waals surface area contributed by atoms with Crippen LogP contribution in [0.1, 0.15) is 194 Å². The Balaban J connectivity index is 0.0000410. The molecule has 0 aliphatic carbocycles. The van der Waals surface area contributed by atoms with Crippen molar-refractivity contribution in [2.24, 2.45) is 0 Å². The Labute approximate surface area is 415 Å². The minimum absolute atomic E-state index is 0. The van der Waals surface area contributed by atoms with Crippen molar-refractivity contribution in [1.29, 1.82) is 0 Å². The Morgan fingerprint density at radius 3 is 0.938 bits per heavy atom. The second-order valence-electron chi connectivity index (χ2n) is 17.0. The predicted octanol–water partition coefficient (Wildman–Crippen LogP) is 9.62. The van der Waals surface area contributed by atoms with Crippen LogP contribution in [0.15, 0.2) is 53.5 Å². The zero-order valence-electron chi connectivity index (χ0n) is 40.9. The van der Waals surface area contributed by atoms with E-state index in [1.54, 1.807) is 20.8 Å². The Bertz CT molecular complexity index is 1610. The molecule has 14 heteroatoms.